The summed E-state index contributed by atoms with van der Waals surface area (Å²) in [7, 11) is 0. The summed E-state index contributed by atoms with van der Waals surface area (Å²) in [5.41, 5.74) is 2.92. The monoisotopic (exact) mass is 288 g/mol. The van der Waals surface area contributed by atoms with Crippen molar-refractivity contribution >= 4 is 17.5 Å². The van der Waals surface area contributed by atoms with Gasteiger partial charge in [-0.2, -0.15) is 0 Å². The fourth-order valence-corrected chi connectivity index (χ4v) is 2.89. The molecule has 0 aromatic heterocycles. The van der Waals surface area contributed by atoms with Crippen LogP contribution in [-0.2, 0) is 11.2 Å². The maximum absolute atomic E-state index is 13.0. The van der Waals surface area contributed by atoms with Crippen molar-refractivity contribution in [1.29, 1.82) is 0 Å². The highest BCUT2D eigenvalue weighted by molar-refractivity contribution is 8.00. The highest BCUT2D eigenvalue weighted by atomic mass is 32.2. The molecule has 0 atom stereocenters. The van der Waals surface area contributed by atoms with E-state index in [-0.39, 0.29) is 11.6 Å². The molecule has 0 heterocycles. The molecule has 0 bridgehead atoms. The largest absolute Gasteiger partial charge is 0.298 e. The summed E-state index contributed by atoms with van der Waals surface area (Å²) in [6, 6.07) is 12.6. The van der Waals surface area contributed by atoms with Gasteiger partial charge in [0, 0.05) is 11.3 Å². The number of carbonyl (C=O) groups excluding carboxylic acids is 1. The molecule has 20 heavy (non-hydrogen) atoms. The summed E-state index contributed by atoms with van der Waals surface area (Å²) in [6.07, 6.45) is 0.366. The number of halogens is 1. The van der Waals surface area contributed by atoms with Gasteiger partial charge in [-0.3, -0.25) is 4.79 Å². The molecule has 0 amide bonds. The number of hydrogen-bond donors (Lipinski definition) is 0. The van der Waals surface area contributed by atoms with E-state index in [0.717, 1.165) is 16.0 Å². The van der Waals surface area contributed by atoms with Crippen molar-refractivity contribution in [2.45, 2.75) is 25.2 Å². The molecule has 0 saturated carbocycles. The molecule has 3 heteroatoms. The van der Waals surface area contributed by atoms with Gasteiger partial charge in [0.25, 0.3) is 0 Å². The molecule has 0 radical (unpaired) electrons. The Kier molecular flexibility index (Phi) is 4.96. The minimum atomic E-state index is -0.256. The fourth-order valence-electron chi connectivity index (χ4n) is 2.00. The van der Waals surface area contributed by atoms with Gasteiger partial charge in [-0.15, -0.1) is 11.8 Å². The average Bonchev–Trinajstić information content (AvgIpc) is 2.41. The van der Waals surface area contributed by atoms with Gasteiger partial charge in [0.2, 0.25) is 0 Å². The first-order valence-corrected chi connectivity index (χ1v) is 7.50. The highest BCUT2D eigenvalue weighted by Gasteiger charge is 2.08. The summed E-state index contributed by atoms with van der Waals surface area (Å²) in [5, 5.41) is 0. The van der Waals surface area contributed by atoms with Crippen molar-refractivity contribution in [3.63, 3.8) is 0 Å². The van der Waals surface area contributed by atoms with E-state index in [0.29, 0.717) is 12.2 Å². The van der Waals surface area contributed by atoms with Crippen molar-refractivity contribution in [1.82, 2.24) is 0 Å². The minimum Gasteiger partial charge on any atom is -0.298 e. The zero-order valence-corrected chi connectivity index (χ0v) is 12.5. The fraction of sp³-hybridized carbons (Fsp3) is 0.235. The number of aryl methyl sites for hydroxylation is 2. The second-order valence-electron chi connectivity index (χ2n) is 4.84. The first kappa shape index (κ1) is 14.8. The third-order valence-corrected chi connectivity index (χ3v) is 4.41. The number of rotatable bonds is 5. The topological polar surface area (TPSA) is 17.1 Å². The zero-order chi connectivity index (χ0) is 14.5. The lowest BCUT2D eigenvalue weighted by Gasteiger charge is -2.07. The molecule has 0 fully saturated rings. The third-order valence-electron chi connectivity index (χ3n) is 3.17. The number of Topliss-reactive ketones (excluding diaryl/α,β-unsaturated/α-hetero) is 1. The molecule has 0 N–H and O–H groups in total. The Bertz CT molecular complexity index is 622. The lowest BCUT2D eigenvalue weighted by Crippen LogP contribution is -2.07. The Morgan fingerprint density at radius 1 is 1.10 bits per heavy atom. The van der Waals surface area contributed by atoms with Crippen molar-refractivity contribution in [2.75, 3.05) is 5.75 Å². The normalized spacial score (nSPS) is 10.6. The molecule has 104 valence electrons. The van der Waals surface area contributed by atoms with Gasteiger partial charge in [-0.05, 0) is 48.7 Å². The third kappa shape index (κ3) is 3.94. The van der Waals surface area contributed by atoms with Crippen LogP contribution in [0.2, 0.25) is 0 Å². The molecular formula is C17H17FOS. The second-order valence-corrected chi connectivity index (χ2v) is 5.86. The molecule has 2 rings (SSSR count). The van der Waals surface area contributed by atoms with Gasteiger partial charge >= 0.3 is 0 Å². The highest BCUT2D eigenvalue weighted by Crippen LogP contribution is 2.22. The Hall–Kier alpha value is -1.61. The van der Waals surface area contributed by atoms with Crippen LogP contribution in [0, 0.1) is 19.7 Å². The maximum Gasteiger partial charge on any atom is 0.147 e. The van der Waals surface area contributed by atoms with Crippen molar-refractivity contribution in [3.05, 3.63) is 65.0 Å². The molecule has 1 nitrogen and oxygen atoms in total. The van der Waals surface area contributed by atoms with Crippen LogP contribution < -0.4 is 0 Å². The molecule has 0 unspecified atom stereocenters. The quantitative estimate of drug-likeness (QED) is 0.761. The Morgan fingerprint density at radius 3 is 2.55 bits per heavy atom. The van der Waals surface area contributed by atoms with Gasteiger partial charge in [0.05, 0.1) is 5.75 Å². The second kappa shape index (κ2) is 6.71. The average molecular weight is 288 g/mol. The van der Waals surface area contributed by atoms with Crippen LogP contribution in [0.1, 0.15) is 16.7 Å². The first-order chi connectivity index (χ1) is 9.56. The summed E-state index contributed by atoms with van der Waals surface area (Å²) >= 11 is 1.56. The Labute approximate surface area is 123 Å². The van der Waals surface area contributed by atoms with Crippen LogP contribution in [0.4, 0.5) is 4.39 Å². The van der Waals surface area contributed by atoms with Crippen LogP contribution in [0.25, 0.3) is 0 Å². The SMILES string of the molecule is Cc1cc(F)ccc1CC(=O)CSc1ccccc1C. The summed E-state index contributed by atoms with van der Waals surface area (Å²) in [4.78, 5) is 13.2. The first-order valence-electron chi connectivity index (χ1n) is 6.51. The minimum absolute atomic E-state index is 0.160. The zero-order valence-electron chi connectivity index (χ0n) is 11.7. The molecule has 0 aliphatic carbocycles. The molecule has 2 aromatic rings. The summed E-state index contributed by atoms with van der Waals surface area (Å²) < 4.78 is 13.0. The van der Waals surface area contributed by atoms with E-state index in [1.165, 1.54) is 17.7 Å². The van der Waals surface area contributed by atoms with E-state index in [1.807, 2.05) is 38.1 Å². The van der Waals surface area contributed by atoms with E-state index in [9.17, 15) is 9.18 Å². The van der Waals surface area contributed by atoms with E-state index in [1.54, 1.807) is 17.8 Å². The number of thioether (sulfide) groups is 1. The summed E-state index contributed by atoms with van der Waals surface area (Å²) in [6.45, 7) is 3.87. The van der Waals surface area contributed by atoms with Gasteiger partial charge in [0.15, 0.2) is 0 Å². The summed E-state index contributed by atoms with van der Waals surface area (Å²) in [5.74, 6) is 0.350. The standard InChI is InChI=1S/C17H17FOS/c1-12-5-3-4-6-17(12)20-11-16(19)10-14-7-8-15(18)9-13(14)2/h3-9H,10-11H2,1-2H3. The maximum atomic E-state index is 13.0. The van der Waals surface area contributed by atoms with Gasteiger partial charge in [0.1, 0.15) is 11.6 Å². The molecular weight excluding hydrogens is 271 g/mol. The van der Waals surface area contributed by atoms with Crippen LogP contribution in [0.3, 0.4) is 0 Å². The van der Waals surface area contributed by atoms with Crippen molar-refractivity contribution < 1.29 is 9.18 Å². The van der Waals surface area contributed by atoms with Crippen molar-refractivity contribution in [2.24, 2.45) is 0 Å². The van der Waals surface area contributed by atoms with Gasteiger partial charge in [-0.25, -0.2) is 4.39 Å². The Morgan fingerprint density at radius 2 is 1.85 bits per heavy atom. The lowest BCUT2D eigenvalue weighted by molar-refractivity contribution is -0.116. The van der Waals surface area contributed by atoms with E-state index >= 15 is 0 Å². The molecule has 0 saturated heterocycles. The molecule has 0 aliphatic rings. The van der Waals surface area contributed by atoms with Gasteiger partial charge in [-0.1, -0.05) is 24.3 Å². The number of carbonyl (C=O) groups is 1. The smallest absolute Gasteiger partial charge is 0.147 e. The van der Waals surface area contributed by atoms with Gasteiger partial charge < -0.3 is 0 Å². The van der Waals surface area contributed by atoms with E-state index in [2.05, 4.69) is 0 Å². The number of hydrogen-bond acceptors (Lipinski definition) is 2. The number of benzene rings is 2. The van der Waals surface area contributed by atoms with Crippen LogP contribution in [0.15, 0.2) is 47.4 Å². The van der Waals surface area contributed by atoms with Crippen LogP contribution in [0.5, 0.6) is 0 Å². The predicted molar refractivity (Wildman–Crippen MR) is 81.8 cm³/mol. The number of ketones is 1. The van der Waals surface area contributed by atoms with Crippen LogP contribution >= 0.6 is 11.8 Å². The van der Waals surface area contributed by atoms with Crippen LogP contribution in [-0.4, -0.2) is 11.5 Å². The van der Waals surface area contributed by atoms with E-state index < -0.39 is 0 Å². The molecule has 2 aromatic carbocycles. The molecule has 0 spiro atoms. The van der Waals surface area contributed by atoms with E-state index in [4.69, 9.17) is 0 Å². The predicted octanol–water partition coefficient (Wildman–Crippen LogP) is 4.35. The lowest BCUT2D eigenvalue weighted by atomic mass is 10.0. The van der Waals surface area contributed by atoms with Crippen molar-refractivity contribution in [3.8, 4) is 0 Å². The molecule has 0 aliphatic heterocycles. The Balaban J connectivity index is 1.94.